The maximum atomic E-state index is 5.55. The van der Waals surface area contributed by atoms with Gasteiger partial charge < -0.3 is 15.6 Å². The standard InChI is InChI=1S/C10H13N5O/c1-7-13-10(15-16-7)5-6-12-9-4-2-3-8(11)14-9/h2-4H,5-6H2,1H3,(H3,11,12,14). The molecule has 2 aromatic heterocycles. The first-order chi connectivity index (χ1) is 7.74. The number of aromatic nitrogens is 3. The Bertz CT molecular complexity index is 468. The van der Waals surface area contributed by atoms with E-state index in [4.69, 9.17) is 10.3 Å². The van der Waals surface area contributed by atoms with E-state index in [0.717, 1.165) is 5.82 Å². The highest BCUT2D eigenvalue weighted by molar-refractivity contribution is 5.42. The van der Waals surface area contributed by atoms with Gasteiger partial charge in [-0.15, -0.1) is 0 Å². The van der Waals surface area contributed by atoms with Crippen LogP contribution in [0.25, 0.3) is 0 Å². The van der Waals surface area contributed by atoms with Crippen LogP contribution in [-0.4, -0.2) is 21.7 Å². The van der Waals surface area contributed by atoms with Gasteiger partial charge in [0.2, 0.25) is 5.89 Å². The zero-order valence-corrected chi connectivity index (χ0v) is 8.97. The van der Waals surface area contributed by atoms with E-state index in [1.165, 1.54) is 0 Å². The molecule has 0 unspecified atom stereocenters. The Morgan fingerprint density at radius 2 is 2.25 bits per heavy atom. The Kier molecular flexibility index (Phi) is 3.00. The van der Waals surface area contributed by atoms with Gasteiger partial charge in [-0.2, -0.15) is 4.98 Å². The quantitative estimate of drug-likeness (QED) is 0.797. The van der Waals surface area contributed by atoms with Gasteiger partial charge in [0.1, 0.15) is 11.6 Å². The number of anilines is 2. The summed E-state index contributed by atoms with van der Waals surface area (Å²) in [5, 5.41) is 6.92. The molecule has 0 amide bonds. The average Bonchev–Trinajstić information content (AvgIpc) is 2.64. The maximum Gasteiger partial charge on any atom is 0.223 e. The molecule has 0 saturated carbocycles. The number of nitrogens with one attached hydrogen (secondary N) is 1. The van der Waals surface area contributed by atoms with Crippen LogP contribution in [0.3, 0.4) is 0 Å². The van der Waals surface area contributed by atoms with Crippen molar-refractivity contribution in [2.75, 3.05) is 17.6 Å². The van der Waals surface area contributed by atoms with Crippen LogP contribution in [0, 0.1) is 6.92 Å². The number of rotatable bonds is 4. The van der Waals surface area contributed by atoms with E-state index in [1.807, 2.05) is 12.1 Å². The first-order valence-corrected chi connectivity index (χ1v) is 4.99. The molecule has 2 rings (SSSR count). The molecule has 0 aromatic carbocycles. The highest BCUT2D eigenvalue weighted by Crippen LogP contribution is 2.05. The second-order valence-corrected chi connectivity index (χ2v) is 3.35. The second kappa shape index (κ2) is 4.61. The van der Waals surface area contributed by atoms with Gasteiger partial charge in [-0.25, -0.2) is 4.98 Å². The van der Waals surface area contributed by atoms with Crippen molar-refractivity contribution in [3.63, 3.8) is 0 Å². The second-order valence-electron chi connectivity index (χ2n) is 3.35. The first-order valence-electron chi connectivity index (χ1n) is 4.99. The summed E-state index contributed by atoms with van der Waals surface area (Å²) in [4.78, 5) is 8.21. The third-order valence-corrected chi connectivity index (χ3v) is 1.99. The summed E-state index contributed by atoms with van der Waals surface area (Å²) < 4.78 is 4.86. The molecule has 0 radical (unpaired) electrons. The summed E-state index contributed by atoms with van der Waals surface area (Å²) in [5.41, 5.74) is 5.55. The van der Waals surface area contributed by atoms with Crippen molar-refractivity contribution in [3.05, 3.63) is 29.9 Å². The normalized spacial score (nSPS) is 10.3. The lowest BCUT2D eigenvalue weighted by Crippen LogP contribution is -2.07. The number of nitrogens with zero attached hydrogens (tertiary/aromatic N) is 3. The first kappa shape index (κ1) is 10.4. The Labute approximate surface area is 92.9 Å². The molecule has 0 aliphatic heterocycles. The largest absolute Gasteiger partial charge is 0.384 e. The molecule has 16 heavy (non-hydrogen) atoms. The number of aryl methyl sites for hydroxylation is 1. The molecule has 0 spiro atoms. The fourth-order valence-corrected chi connectivity index (χ4v) is 1.30. The molecule has 2 heterocycles. The fraction of sp³-hybridized carbons (Fsp3) is 0.300. The van der Waals surface area contributed by atoms with E-state index in [1.54, 1.807) is 13.0 Å². The van der Waals surface area contributed by atoms with Gasteiger partial charge >= 0.3 is 0 Å². The zero-order chi connectivity index (χ0) is 11.4. The summed E-state index contributed by atoms with van der Waals surface area (Å²) >= 11 is 0. The third kappa shape index (κ3) is 2.69. The predicted octanol–water partition coefficient (Wildman–Crippen LogP) is 1.01. The highest BCUT2D eigenvalue weighted by atomic mass is 16.5. The van der Waals surface area contributed by atoms with Crippen molar-refractivity contribution in [2.24, 2.45) is 0 Å². The van der Waals surface area contributed by atoms with Crippen LogP contribution in [0.1, 0.15) is 11.7 Å². The van der Waals surface area contributed by atoms with Gasteiger partial charge in [0, 0.05) is 19.9 Å². The maximum absolute atomic E-state index is 5.55. The fourth-order valence-electron chi connectivity index (χ4n) is 1.30. The molecule has 0 atom stereocenters. The molecule has 3 N–H and O–H groups in total. The number of hydrogen-bond donors (Lipinski definition) is 2. The minimum atomic E-state index is 0.500. The monoisotopic (exact) mass is 219 g/mol. The minimum Gasteiger partial charge on any atom is -0.384 e. The van der Waals surface area contributed by atoms with Crippen molar-refractivity contribution >= 4 is 11.6 Å². The molecule has 2 aromatic rings. The Morgan fingerprint density at radius 3 is 2.94 bits per heavy atom. The van der Waals surface area contributed by atoms with Gasteiger partial charge in [-0.3, -0.25) is 0 Å². The lowest BCUT2D eigenvalue weighted by Gasteiger charge is -2.03. The highest BCUT2D eigenvalue weighted by Gasteiger charge is 2.01. The molecule has 0 saturated heterocycles. The van der Waals surface area contributed by atoms with Crippen molar-refractivity contribution in [1.29, 1.82) is 0 Å². The van der Waals surface area contributed by atoms with Crippen LogP contribution >= 0.6 is 0 Å². The number of nitrogen functional groups attached to an aromatic ring is 1. The van der Waals surface area contributed by atoms with Crippen molar-refractivity contribution in [2.45, 2.75) is 13.3 Å². The van der Waals surface area contributed by atoms with Crippen LogP contribution in [0.2, 0.25) is 0 Å². The van der Waals surface area contributed by atoms with Crippen molar-refractivity contribution < 1.29 is 4.52 Å². The van der Waals surface area contributed by atoms with Crippen molar-refractivity contribution in [1.82, 2.24) is 15.1 Å². The summed E-state index contributed by atoms with van der Waals surface area (Å²) in [5.74, 6) is 2.52. The predicted molar refractivity (Wildman–Crippen MR) is 59.9 cm³/mol. The smallest absolute Gasteiger partial charge is 0.223 e. The molecule has 6 nitrogen and oxygen atoms in total. The van der Waals surface area contributed by atoms with Gasteiger partial charge in [0.05, 0.1) is 0 Å². The molecule has 0 bridgehead atoms. The zero-order valence-electron chi connectivity index (χ0n) is 8.97. The number of hydrogen-bond acceptors (Lipinski definition) is 6. The number of nitrogens with two attached hydrogens (primary N) is 1. The van der Waals surface area contributed by atoms with Gasteiger partial charge in [-0.1, -0.05) is 11.2 Å². The van der Waals surface area contributed by atoms with E-state index in [9.17, 15) is 0 Å². The molecular formula is C10H13N5O. The van der Waals surface area contributed by atoms with E-state index in [0.29, 0.717) is 30.5 Å². The average molecular weight is 219 g/mol. The molecule has 0 fully saturated rings. The molecular weight excluding hydrogens is 206 g/mol. The summed E-state index contributed by atoms with van der Waals surface area (Å²) in [6.45, 7) is 2.46. The Balaban J connectivity index is 1.84. The van der Waals surface area contributed by atoms with E-state index >= 15 is 0 Å². The molecule has 0 aliphatic carbocycles. The Morgan fingerprint density at radius 1 is 1.38 bits per heavy atom. The minimum absolute atomic E-state index is 0.500. The molecule has 0 aliphatic rings. The van der Waals surface area contributed by atoms with E-state index in [-0.39, 0.29) is 0 Å². The van der Waals surface area contributed by atoms with Crippen LogP contribution in [0.4, 0.5) is 11.6 Å². The third-order valence-electron chi connectivity index (χ3n) is 1.99. The summed E-state index contributed by atoms with van der Waals surface area (Å²) in [7, 11) is 0. The van der Waals surface area contributed by atoms with Crippen LogP contribution in [0.15, 0.2) is 22.7 Å². The van der Waals surface area contributed by atoms with Gasteiger partial charge in [-0.05, 0) is 12.1 Å². The number of pyridine rings is 1. The van der Waals surface area contributed by atoms with Gasteiger partial charge in [0.15, 0.2) is 5.82 Å². The van der Waals surface area contributed by atoms with E-state index < -0.39 is 0 Å². The summed E-state index contributed by atoms with van der Waals surface area (Å²) in [6, 6.07) is 5.45. The van der Waals surface area contributed by atoms with Crippen LogP contribution in [-0.2, 0) is 6.42 Å². The Hall–Kier alpha value is -2.11. The SMILES string of the molecule is Cc1nc(CCNc2cccc(N)n2)no1. The van der Waals surface area contributed by atoms with Crippen molar-refractivity contribution in [3.8, 4) is 0 Å². The molecule has 84 valence electrons. The van der Waals surface area contributed by atoms with E-state index in [2.05, 4.69) is 20.4 Å². The van der Waals surface area contributed by atoms with Crippen LogP contribution in [0.5, 0.6) is 0 Å². The molecule has 6 heteroatoms. The summed E-state index contributed by atoms with van der Waals surface area (Å²) in [6.07, 6.45) is 0.688. The lowest BCUT2D eigenvalue weighted by molar-refractivity contribution is 0.387. The van der Waals surface area contributed by atoms with Crippen LogP contribution < -0.4 is 11.1 Å². The van der Waals surface area contributed by atoms with Gasteiger partial charge in [0.25, 0.3) is 0 Å². The topological polar surface area (TPSA) is 89.9 Å². The lowest BCUT2D eigenvalue weighted by atomic mass is 10.4.